The lowest BCUT2D eigenvalue weighted by atomic mass is 9.33. The predicted octanol–water partition coefficient (Wildman–Crippen LogP) is 23.5. The topological polar surface area (TPSA) is 11.4 Å². The lowest BCUT2D eigenvalue weighted by molar-refractivity contribution is 0.590. The molecule has 96 heavy (non-hydrogen) atoms. The number of hydrogen-bond acceptors (Lipinski definition) is 2. The summed E-state index contributed by atoms with van der Waals surface area (Å²) in [4.78, 5) is 5.39. The highest BCUT2D eigenvalue weighted by Crippen LogP contribution is 2.55. The van der Waals surface area contributed by atoms with Gasteiger partial charge in [-0.25, -0.2) is 0 Å². The standard InChI is InChI=1S/C92H82BN3/c1-89(2,3)67-41-37-60(38-42-67)66-52-84-86-85(53-66)96(88-74(62-31-21-15-22-32-62)56-70(92(10,11)12)57-75(88)63-33-23-16-24-34-63)83-50-45-71(94-80-48-43-68(90(4,5)6)54-76(80)77-55-69(91(7,8)9)44-49-81(77)94)58-79(83)93(86)78-51-65(59-27-17-13-18-28-59)40-47-82(78)95(84)87-72-36-26-25-35-64(72)39-46-73(87)61-29-19-14-20-30-61/h13-58H,1-12H3. The van der Waals surface area contributed by atoms with E-state index in [2.05, 4.69) is 377 Å². The zero-order valence-corrected chi connectivity index (χ0v) is 57.5. The molecule has 16 rings (SSSR count). The molecule has 0 atom stereocenters. The third-order valence-electron chi connectivity index (χ3n) is 20.6. The molecule has 0 saturated heterocycles. The van der Waals surface area contributed by atoms with Gasteiger partial charge in [-0.2, -0.15) is 0 Å². The first-order valence-electron chi connectivity index (χ1n) is 34.3. The number of aromatic nitrogens is 1. The largest absolute Gasteiger partial charge is 0.310 e. The molecule has 1 aromatic heterocycles. The highest BCUT2D eigenvalue weighted by molar-refractivity contribution is 7.00. The summed E-state index contributed by atoms with van der Waals surface area (Å²) in [5.74, 6) is 0. The molecule has 0 bridgehead atoms. The van der Waals surface area contributed by atoms with Crippen molar-refractivity contribution in [3.63, 3.8) is 0 Å². The highest BCUT2D eigenvalue weighted by atomic mass is 15.2. The molecular formula is C92H82BN3. The average Bonchev–Trinajstić information content (AvgIpc) is 0.780. The van der Waals surface area contributed by atoms with Gasteiger partial charge in [-0.1, -0.05) is 289 Å². The summed E-state index contributed by atoms with van der Waals surface area (Å²) < 4.78 is 2.57. The van der Waals surface area contributed by atoms with Crippen LogP contribution in [0.25, 0.3) is 93.9 Å². The summed E-state index contributed by atoms with van der Waals surface area (Å²) in [6.45, 7) is 27.7. The van der Waals surface area contributed by atoms with Gasteiger partial charge in [0.05, 0.1) is 22.4 Å². The lowest BCUT2D eigenvalue weighted by Gasteiger charge is -2.46. The molecule has 468 valence electrons. The fraction of sp³-hybridized carbons (Fsp3) is 0.174. The molecule has 0 amide bonds. The fourth-order valence-electron chi connectivity index (χ4n) is 15.3. The maximum absolute atomic E-state index is 2.71. The van der Waals surface area contributed by atoms with Crippen LogP contribution < -0.4 is 26.2 Å². The first-order valence-corrected chi connectivity index (χ1v) is 34.3. The molecule has 0 N–H and O–H groups in total. The Labute approximate surface area is 568 Å². The quantitative estimate of drug-likeness (QED) is 0.141. The molecular weight excluding hydrogens is 1160 g/mol. The minimum atomic E-state index is -0.245. The van der Waals surface area contributed by atoms with Crippen molar-refractivity contribution in [2.45, 2.75) is 105 Å². The molecule has 0 spiro atoms. The lowest BCUT2D eigenvalue weighted by Crippen LogP contribution is -2.61. The van der Waals surface area contributed by atoms with E-state index < -0.39 is 0 Å². The van der Waals surface area contributed by atoms with Gasteiger partial charge in [0, 0.05) is 61.3 Å². The van der Waals surface area contributed by atoms with E-state index in [-0.39, 0.29) is 28.4 Å². The molecule has 0 fully saturated rings. The Kier molecular flexibility index (Phi) is 14.3. The molecule has 13 aromatic carbocycles. The molecule has 0 unspecified atom stereocenters. The van der Waals surface area contributed by atoms with Crippen molar-refractivity contribution in [2.75, 3.05) is 9.80 Å². The van der Waals surface area contributed by atoms with E-state index in [1.54, 1.807) is 0 Å². The van der Waals surface area contributed by atoms with Crippen molar-refractivity contribution in [1.82, 2.24) is 4.57 Å². The van der Waals surface area contributed by atoms with Gasteiger partial charge in [-0.3, -0.25) is 0 Å². The summed E-state index contributed by atoms with van der Waals surface area (Å²) in [7, 11) is 0. The van der Waals surface area contributed by atoms with Crippen molar-refractivity contribution < 1.29 is 0 Å². The van der Waals surface area contributed by atoms with Crippen molar-refractivity contribution >= 4 is 89.8 Å². The Hall–Kier alpha value is -10.4. The second-order valence-corrected chi connectivity index (χ2v) is 31.0. The molecule has 4 heteroatoms. The van der Waals surface area contributed by atoms with Crippen LogP contribution >= 0.6 is 0 Å². The number of rotatable bonds is 8. The second-order valence-electron chi connectivity index (χ2n) is 31.0. The zero-order valence-electron chi connectivity index (χ0n) is 57.5. The molecule has 0 saturated carbocycles. The smallest absolute Gasteiger partial charge is 0.252 e. The number of benzene rings is 13. The predicted molar refractivity (Wildman–Crippen MR) is 414 cm³/mol. The first-order chi connectivity index (χ1) is 46.2. The van der Waals surface area contributed by atoms with E-state index in [0.29, 0.717) is 0 Å². The fourth-order valence-corrected chi connectivity index (χ4v) is 15.3. The molecule has 3 heterocycles. The normalized spacial score (nSPS) is 13.1. The summed E-state index contributed by atoms with van der Waals surface area (Å²) in [5.41, 5.74) is 30.8. The highest BCUT2D eigenvalue weighted by Gasteiger charge is 2.46. The van der Waals surface area contributed by atoms with Gasteiger partial charge in [-0.15, -0.1) is 0 Å². The van der Waals surface area contributed by atoms with Gasteiger partial charge in [0.15, 0.2) is 0 Å². The Balaban J connectivity index is 1.10. The Morgan fingerprint density at radius 2 is 0.688 bits per heavy atom. The van der Waals surface area contributed by atoms with E-state index in [0.717, 1.165) is 67.6 Å². The van der Waals surface area contributed by atoms with Crippen molar-refractivity contribution in [3.8, 4) is 61.3 Å². The summed E-state index contributed by atoms with van der Waals surface area (Å²) >= 11 is 0. The first kappa shape index (κ1) is 60.5. The maximum Gasteiger partial charge on any atom is 0.252 e. The minimum absolute atomic E-state index is 0.0286. The van der Waals surface area contributed by atoms with Crippen LogP contribution in [0.4, 0.5) is 34.1 Å². The molecule has 2 aliphatic heterocycles. The second kappa shape index (κ2) is 22.6. The Bertz CT molecular complexity index is 5230. The van der Waals surface area contributed by atoms with Crippen LogP contribution in [-0.4, -0.2) is 11.3 Å². The van der Waals surface area contributed by atoms with Crippen LogP contribution in [0.15, 0.2) is 279 Å². The maximum atomic E-state index is 2.71. The van der Waals surface area contributed by atoms with Crippen LogP contribution in [0.5, 0.6) is 0 Å². The van der Waals surface area contributed by atoms with Gasteiger partial charge >= 0.3 is 0 Å². The third-order valence-corrected chi connectivity index (χ3v) is 20.6. The van der Waals surface area contributed by atoms with E-state index in [9.17, 15) is 0 Å². The van der Waals surface area contributed by atoms with Crippen LogP contribution in [0.3, 0.4) is 0 Å². The molecule has 2 aliphatic rings. The van der Waals surface area contributed by atoms with Gasteiger partial charge < -0.3 is 14.4 Å². The summed E-state index contributed by atoms with van der Waals surface area (Å²) in [6, 6.07) is 107. The molecule has 0 radical (unpaired) electrons. The van der Waals surface area contributed by atoms with E-state index in [4.69, 9.17) is 0 Å². The number of nitrogens with zero attached hydrogens (tertiary/aromatic N) is 3. The number of fused-ring (bicyclic) bond motifs is 8. The number of hydrogen-bond donors (Lipinski definition) is 0. The van der Waals surface area contributed by atoms with Crippen LogP contribution in [-0.2, 0) is 21.7 Å². The van der Waals surface area contributed by atoms with E-state index in [1.807, 2.05) is 0 Å². The van der Waals surface area contributed by atoms with Gasteiger partial charge in [0.25, 0.3) is 6.71 Å². The Morgan fingerprint density at radius 1 is 0.260 bits per heavy atom. The van der Waals surface area contributed by atoms with Crippen LogP contribution in [0, 0.1) is 0 Å². The van der Waals surface area contributed by atoms with Crippen molar-refractivity contribution in [3.05, 3.63) is 301 Å². The van der Waals surface area contributed by atoms with Gasteiger partial charge in [0.2, 0.25) is 0 Å². The summed E-state index contributed by atoms with van der Waals surface area (Å²) in [6.07, 6.45) is 0. The molecule has 3 nitrogen and oxygen atoms in total. The van der Waals surface area contributed by atoms with Crippen molar-refractivity contribution in [1.29, 1.82) is 0 Å². The van der Waals surface area contributed by atoms with E-state index in [1.165, 1.54) is 99.0 Å². The molecule has 14 aromatic rings. The van der Waals surface area contributed by atoms with Crippen LogP contribution in [0.2, 0.25) is 0 Å². The van der Waals surface area contributed by atoms with Gasteiger partial charge in [0.1, 0.15) is 0 Å². The average molecular weight is 1240 g/mol. The van der Waals surface area contributed by atoms with E-state index >= 15 is 0 Å². The third kappa shape index (κ3) is 10.3. The summed E-state index contributed by atoms with van der Waals surface area (Å²) in [5, 5.41) is 4.91. The van der Waals surface area contributed by atoms with Crippen molar-refractivity contribution in [2.24, 2.45) is 0 Å². The minimum Gasteiger partial charge on any atom is -0.310 e. The number of anilines is 6. The molecule has 0 aliphatic carbocycles. The van der Waals surface area contributed by atoms with Crippen LogP contribution in [0.1, 0.15) is 105 Å². The monoisotopic (exact) mass is 1240 g/mol. The SMILES string of the molecule is CC(C)(C)c1ccc(-c2cc3c4c(c2)N(c2c(-c5ccccc5)ccc5ccccc25)c2ccc(-c5ccccc5)cc2B4c2cc(-n4c5ccc(C(C)(C)C)cc5c5cc(C(C)(C)C)ccc54)ccc2N3c2c(-c3ccccc3)cc(C(C)(C)C)cc2-c2ccccc2)cc1. The zero-order chi connectivity index (χ0) is 66.2. The van der Waals surface area contributed by atoms with Gasteiger partial charge in [-0.05, 0) is 177 Å². The Morgan fingerprint density at radius 3 is 1.21 bits per heavy atom.